The zero-order chi connectivity index (χ0) is 29.8. The van der Waals surface area contributed by atoms with Crippen molar-refractivity contribution in [3.8, 4) is 23.0 Å². The molecular weight excluding hydrogens is 554 g/mol. The molecule has 6 rings (SSSR count). The fourth-order valence-corrected chi connectivity index (χ4v) is 5.42. The van der Waals surface area contributed by atoms with Gasteiger partial charge in [-0.05, 0) is 54.8 Å². The first-order chi connectivity index (χ1) is 21.0. The molecule has 4 aromatic rings. The van der Waals surface area contributed by atoms with Crippen molar-refractivity contribution in [3.05, 3.63) is 71.8 Å². The van der Waals surface area contributed by atoms with Gasteiger partial charge in [0.25, 0.3) is 0 Å². The van der Waals surface area contributed by atoms with Gasteiger partial charge in [0.1, 0.15) is 29.6 Å². The Morgan fingerprint density at radius 1 is 1.07 bits per heavy atom. The van der Waals surface area contributed by atoms with Gasteiger partial charge in [-0.2, -0.15) is 0 Å². The summed E-state index contributed by atoms with van der Waals surface area (Å²) < 4.78 is 29.5. The van der Waals surface area contributed by atoms with Crippen LogP contribution in [0.3, 0.4) is 0 Å². The highest BCUT2D eigenvalue weighted by Crippen LogP contribution is 2.36. The SMILES string of the molecule is COc1ccc([C@H](C(=O)NC[C@H]2CCCO2)N(Cc2ccc3c(c2)OCO3)C(=O)Cn2nnc3ccccc32)c(OC)c1. The second-order valence-corrected chi connectivity index (χ2v) is 10.3. The largest absolute Gasteiger partial charge is 0.497 e. The number of hydrogen-bond acceptors (Lipinski definition) is 9. The van der Waals surface area contributed by atoms with E-state index >= 15 is 0 Å². The summed E-state index contributed by atoms with van der Waals surface area (Å²) in [7, 11) is 3.07. The molecule has 12 heteroatoms. The van der Waals surface area contributed by atoms with Crippen LogP contribution in [0.4, 0.5) is 0 Å². The summed E-state index contributed by atoms with van der Waals surface area (Å²) in [5.74, 6) is 1.46. The smallest absolute Gasteiger partial charge is 0.247 e. The Bertz CT molecular complexity index is 1620. The normalized spacial score (nSPS) is 16.2. The van der Waals surface area contributed by atoms with E-state index in [-0.39, 0.29) is 37.8 Å². The van der Waals surface area contributed by atoms with Gasteiger partial charge in [0.2, 0.25) is 18.6 Å². The molecule has 12 nitrogen and oxygen atoms in total. The third-order valence-electron chi connectivity index (χ3n) is 7.64. The van der Waals surface area contributed by atoms with E-state index in [1.165, 1.54) is 16.7 Å². The molecule has 1 fully saturated rings. The van der Waals surface area contributed by atoms with Crippen LogP contribution in [0.25, 0.3) is 11.0 Å². The lowest BCUT2D eigenvalue weighted by Gasteiger charge is -2.32. The van der Waals surface area contributed by atoms with E-state index in [9.17, 15) is 9.59 Å². The quantitative estimate of drug-likeness (QED) is 0.281. The van der Waals surface area contributed by atoms with Gasteiger partial charge in [-0.3, -0.25) is 9.59 Å². The van der Waals surface area contributed by atoms with E-state index in [0.717, 1.165) is 18.4 Å². The number of benzene rings is 3. The summed E-state index contributed by atoms with van der Waals surface area (Å²) in [6.45, 7) is 1.07. The van der Waals surface area contributed by atoms with Crippen molar-refractivity contribution >= 4 is 22.8 Å². The van der Waals surface area contributed by atoms with E-state index in [1.54, 1.807) is 31.4 Å². The number of para-hydroxylation sites is 1. The lowest BCUT2D eigenvalue weighted by Crippen LogP contribution is -2.46. The molecule has 1 saturated heterocycles. The van der Waals surface area contributed by atoms with Crippen LogP contribution in [0.2, 0.25) is 0 Å². The monoisotopic (exact) mass is 587 g/mol. The molecule has 1 aromatic heterocycles. The minimum Gasteiger partial charge on any atom is -0.497 e. The Balaban J connectivity index is 1.40. The second kappa shape index (κ2) is 12.6. The molecular formula is C31H33N5O7. The van der Waals surface area contributed by atoms with Crippen LogP contribution in [0.15, 0.2) is 60.7 Å². The van der Waals surface area contributed by atoms with Crippen molar-refractivity contribution in [1.29, 1.82) is 0 Å². The zero-order valence-corrected chi connectivity index (χ0v) is 24.0. The number of ether oxygens (including phenoxy) is 5. The first-order valence-electron chi connectivity index (χ1n) is 14.1. The average molecular weight is 588 g/mol. The Labute approximate surface area is 248 Å². The Morgan fingerprint density at radius 3 is 2.74 bits per heavy atom. The summed E-state index contributed by atoms with van der Waals surface area (Å²) in [6.07, 6.45) is 1.72. The molecule has 0 saturated carbocycles. The fourth-order valence-electron chi connectivity index (χ4n) is 5.42. The van der Waals surface area contributed by atoms with E-state index in [1.807, 2.05) is 36.4 Å². The van der Waals surface area contributed by atoms with Gasteiger partial charge >= 0.3 is 0 Å². The molecule has 0 radical (unpaired) electrons. The van der Waals surface area contributed by atoms with Crippen LogP contribution in [-0.4, -0.2) is 72.0 Å². The zero-order valence-electron chi connectivity index (χ0n) is 24.0. The molecule has 2 aliphatic rings. The molecule has 224 valence electrons. The molecule has 0 spiro atoms. The molecule has 2 aliphatic heterocycles. The predicted molar refractivity (Wildman–Crippen MR) is 155 cm³/mol. The first-order valence-corrected chi connectivity index (χ1v) is 14.1. The summed E-state index contributed by atoms with van der Waals surface area (Å²) in [4.78, 5) is 30.0. The Hall–Kier alpha value is -4.84. The number of carbonyl (C=O) groups excluding carboxylic acids is 2. The number of amides is 2. The highest BCUT2D eigenvalue weighted by Gasteiger charge is 2.35. The Morgan fingerprint density at radius 2 is 1.93 bits per heavy atom. The standard InChI is InChI=1S/C31H33N5O7/c1-39-21-10-11-23(27(15-21)40-2)30(31(38)32-16-22-6-5-13-41-22)35(17-20-9-12-26-28(14-20)43-19-42-26)29(37)18-36-25-8-4-3-7-24(25)33-34-36/h3-4,7-12,14-15,22,30H,5-6,13,16-19H2,1-2H3,(H,32,38)/t22-,30-/m1/s1. The molecule has 3 heterocycles. The summed E-state index contributed by atoms with van der Waals surface area (Å²) in [6, 6.07) is 17.0. The van der Waals surface area contributed by atoms with Gasteiger partial charge in [0.15, 0.2) is 11.5 Å². The summed E-state index contributed by atoms with van der Waals surface area (Å²) in [5, 5.41) is 11.4. The van der Waals surface area contributed by atoms with Crippen LogP contribution < -0.4 is 24.3 Å². The minimum absolute atomic E-state index is 0.0816. The number of fused-ring (bicyclic) bond motifs is 2. The van der Waals surface area contributed by atoms with Gasteiger partial charge in [0, 0.05) is 31.3 Å². The van der Waals surface area contributed by atoms with E-state index in [4.69, 9.17) is 23.7 Å². The highest BCUT2D eigenvalue weighted by molar-refractivity contribution is 5.90. The molecule has 43 heavy (non-hydrogen) atoms. The molecule has 2 amide bonds. The number of nitrogens with zero attached hydrogens (tertiary/aromatic N) is 4. The van der Waals surface area contributed by atoms with Crippen LogP contribution in [0.5, 0.6) is 23.0 Å². The number of carbonyl (C=O) groups is 2. The third kappa shape index (κ3) is 6.05. The molecule has 0 bridgehead atoms. The highest BCUT2D eigenvalue weighted by atomic mass is 16.7. The van der Waals surface area contributed by atoms with Crippen molar-refractivity contribution in [3.63, 3.8) is 0 Å². The molecule has 2 atom stereocenters. The average Bonchev–Trinajstić information content (AvgIpc) is 3.81. The topological polar surface area (TPSA) is 126 Å². The van der Waals surface area contributed by atoms with Gasteiger partial charge in [-0.15, -0.1) is 5.10 Å². The van der Waals surface area contributed by atoms with Crippen LogP contribution in [0.1, 0.15) is 30.0 Å². The summed E-state index contributed by atoms with van der Waals surface area (Å²) in [5.41, 5.74) is 2.64. The molecule has 1 N–H and O–H groups in total. The number of nitrogens with one attached hydrogen (secondary N) is 1. The van der Waals surface area contributed by atoms with Crippen LogP contribution >= 0.6 is 0 Å². The summed E-state index contributed by atoms with van der Waals surface area (Å²) >= 11 is 0. The first kappa shape index (κ1) is 28.3. The predicted octanol–water partition coefficient (Wildman–Crippen LogP) is 3.24. The Kier molecular flexibility index (Phi) is 8.27. The van der Waals surface area contributed by atoms with Crippen molar-refractivity contribution in [2.75, 3.05) is 34.2 Å². The van der Waals surface area contributed by atoms with E-state index < -0.39 is 6.04 Å². The number of hydrogen-bond donors (Lipinski definition) is 1. The van der Waals surface area contributed by atoms with Crippen molar-refractivity contribution < 1.29 is 33.3 Å². The number of aromatic nitrogens is 3. The van der Waals surface area contributed by atoms with Gasteiger partial charge in [-0.1, -0.05) is 23.4 Å². The fraction of sp³-hybridized carbons (Fsp3) is 0.355. The minimum atomic E-state index is -1.06. The maximum absolute atomic E-state index is 14.3. The third-order valence-corrected chi connectivity index (χ3v) is 7.64. The van der Waals surface area contributed by atoms with Crippen LogP contribution in [-0.2, 0) is 27.4 Å². The number of methoxy groups -OCH3 is 2. The van der Waals surface area contributed by atoms with Gasteiger partial charge in [0.05, 0.1) is 25.8 Å². The van der Waals surface area contributed by atoms with E-state index in [2.05, 4.69) is 15.6 Å². The number of rotatable bonds is 11. The van der Waals surface area contributed by atoms with Gasteiger partial charge in [-0.25, -0.2) is 4.68 Å². The lowest BCUT2D eigenvalue weighted by atomic mass is 10.0. The maximum atomic E-state index is 14.3. The molecule has 3 aromatic carbocycles. The van der Waals surface area contributed by atoms with Gasteiger partial charge < -0.3 is 33.9 Å². The van der Waals surface area contributed by atoms with Crippen molar-refractivity contribution in [2.45, 2.75) is 38.1 Å². The van der Waals surface area contributed by atoms with Crippen molar-refractivity contribution in [2.24, 2.45) is 0 Å². The van der Waals surface area contributed by atoms with Crippen molar-refractivity contribution in [1.82, 2.24) is 25.2 Å². The second-order valence-electron chi connectivity index (χ2n) is 10.3. The van der Waals surface area contributed by atoms with E-state index in [0.29, 0.717) is 52.7 Å². The lowest BCUT2D eigenvalue weighted by molar-refractivity contribution is -0.142. The maximum Gasteiger partial charge on any atom is 0.247 e. The van der Waals surface area contributed by atoms with Crippen LogP contribution in [0, 0.1) is 0 Å². The molecule has 0 unspecified atom stereocenters. The molecule has 0 aliphatic carbocycles.